The van der Waals surface area contributed by atoms with Crippen LogP contribution in [-0.2, 0) is 4.79 Å². The first-order valence-electron chi connectivity index (χ1n) is 8.46. The minimum absolute atomic E-state index is 0.0921. The predicted octanol–water partition coefficient (Wildman–Crippen LogP) is 6.06. The fraction of sp³-hybridized carbons (Fsp3) is 0.200. The van der Waals surface area contributed by atoms with E-state index < -0.39 is 0 Å². The van der Waals surface area contributed by atoms with E-state index >= 15 is 0 Å². The second-order valence-electron chi connectivity index (χ2n) is 5.98. The molecule has 0 radical (unpaired) electrons. The highest BCUT2D eigenvalue weighted by Crippen LogP contribution is 2.31. The van der Waals surface area contributed by atoms with E-state index in [0.717, 1.165) is 17.7 Å². The number of amidine groups is 1. The Morgan fingerprint density at radius 2 is 1.96 bits per heavy atom. The predicted molar refractivity (Wildman–Crippen MR) is 114 cm³/mol. The quantitative estimate of drug-likeness (QED) is 0.597. The van der Waals surface area contributed by atoms with Gasteiger partial charge in [-0.05, 0) is 73.1 Å². The maximum atomic E-state index is 12.2. The molecule has 0 spiro atoms. The number of thioether (sulfide) groups is 1. The van der Waals surface area contributed by atoms with Gasteiger partial charge in [0.05, 0.1) is 21.7 Å². The number of nitrogens with zero attached hydrogens (tertiary/aromatic N) is 1. The molecule has 0 saturated carbocycles. The topological polar surface area (TPSA) is 50.7 Å². The van der Waals surface area contributed by atoms with Crippen LogP contribution >= 0.6 is 35.0 Å². The number of carbonyl (C=O) groups is 1. The van der Waals surface area contributed by atoms with Crippen LogP contribution in [0, 0.1) is 0 Å². The maximum absolute atomic E-state index is 12.2. The Bertz CT molecular complexity index is 911. The lowest BCUT2D eigenvalue weighted by molar-refractivity contribution is -0.115. The van der Waals surface area contributed by atoms with Crippen LogP contribution in [0.5, 0.6) is 5.75 Å². The average molecular weight is 421 g/mol. The summed E-state index contributed by atoms with van der Waals surface area (Å²) in [6.45, 7) is 4.05. The average Bonchev–Trinajstić information content (AvgIpc) is 2.98. The fourth-order valence-electron chi connectivity index (χ4n) is 2.27. The Morgan fingerprint density at radius 3 is 2.63 bits per heavy atom. The molecule has 1 heterocycles. The van der Waals surface area contributed by atoms with Crippen molar-refractivity contribution < 1.29 is 9.53 Å². The number of nitrogens with one attached hydrogen (secondary N) is 1. The number of amides is 1. The van der Waals surface area contributed by atoms with Gasteiger partial charge in [0.25, 0.3) is 5.91 Å². The van der Waals surface area contributed by atoms with Crippen LogP contribution in [-0.4, -0.2) is 17.2 Å². The van der Waals surface area contributed by atoms with E-state index in [1.807, 2.05) is 19.1 Å². The molecule has 1 N–H and O–H groups in total. The van der Waals surface area contributed by atoms with E-state index in [4.69, 9.17) is 27.9 Å². The monoisotopic (exact) mass is 420 g/mol. The molecule has 1 saturated heterocycles. The van der Waals surface area contributed by atoms with Gasteiger partial charge in [-0.15, -0.1) is 0 Å². The van der Waals surface area contributed by atoms with Crippen molar-refractivity contribution in [2.45, 2.75) is 26.4 Å². The van der Waals surface area contributed by atoms with Crippen LogP contribution < -0.4 is 10.1 Å². The molecule has 2 aromatic rings. The minimum atomic E-state index is -0.191. The van der Waals surface area contributed by atoms with Gasteiger partial charge in [-0.1, -0.05) is 36.2 Å². The second kappa shape index (κ2) is 8.83. The first-order chi connectivity index (χ1) is 12.9. The molecule has 0 aliphatic carbocycles. The highest BCUT2D eigenvalue weighted by Gasteiger charge is 2.24. The number of benzene rings is 2. The Labute approximate surface area is 172 Å². The first-order valence-corrected chi connectivity index (χ1v) is 10.0. The molecule has 7 heteroatoms. The third kappa shape index (κ3) is 5.28. The second-order valence-corrected chi connectivity index (χ2v) is 7.86. The van der Waals surface area contributed by atoms with Gasteiger partial charge in [-0.25, -0.2) is 4.99 Å². The van der Waals surface area contributed by atoms with Crippen molar-refractivity contribution in [3.63, 3.8) is 0 Å². The molecule has 27 heavy (non-hydrogen) atoms. The summed E-state index contributed by atoms with van der Waals surface area (Å²) in [5.74, 6) is 0.449. The van der Waals surface area contributed by atoms with Crippen molar-refractivity contribution in [1.29, 1.82) is 0 Å². The van der Waals surface area contributed by atoms with Crippen LogP contribution in [0.15, 0.2) is 52.4 Å². The largest absolute Gasteiger partial charge is 0.489 e. The standard InChI is InChI=1S/C20H18Cl2N2O2S/c1-3-12(2)26-17-9-4-13(10-16(17)22)11-18-19(25)24-20(27-18)23-15-7-5-14(21)6-8-15/h4-12H,3H2,1-2H3,(H,23,24,25)/b18-11-/t12-/m1/s1. The van der Waals surface area contributed by atoms with Gasteiger partial charge in [0, 0.05) is 5.02 Å². The molecule has 4 nitrogen and oxygen atoms in total. The molecule has 1 aliphatic heterocycles. The van der Waals surface area contributed by atoms with Crippen LogP contribution in [0.25, 0.3) is 6.08 Å². The van der Waals surface area contributed by atoms with Crippen molar-refractivity contribution in [1.82, 2.24) is 5.32 Å². The zero-order valence-electron chi connectivity index (χ0n) is 14.8. The van der Waals surface area contributed by atoms with E-state index in [1.165, 1.54) is 11.8 Å². The van der Waals surface area contributed by atoms with Gasteiger partial charge >= 0.3 is 0 Å². The zero-order chi connectivity index (χ0) is 19.4. The first kappa shape index (κ1) is 19.8. The Balaban J connectivity index is 1.76. The molecule has 0 aromatic heterocycles. The molecule has 1 atom stereocenters. The Hall–Kier alpha value is -1.95. The van der Waals surface area contributed by atoms with E-state index in [2.05, 4.69) is 17.2 Å². The number of carbonyl (C=O) groups excluding carboxylic acids is 1. The summed E-state index contributed by atoms with van der Waals surface area (Å²) in [6.07, 6.45) is 2.77. The van der Waals surface area contributed by atoms with Crippen LogP contribution in [0.3, 0.4) is 0 Å². The van der Waals surface area contributed by atoms with Crippen LogP contribution in [0.1, 0.15) is 25.8 Å². The Kier molecular flexibility index (Phi) is 6.47. The molecular weight excluding hydrogens is 403 g/mol. The normalized spacial score (nSPS) is 18.0. The summed E-state index contributed by atoms with van der Waals surface area (Å²) in [4.78, 5) is 17.2. The van der Waals surface area contributed by atoms with Gasteiger partial charge in [0.1, 0.15) is 5.75 Å². The van der Waals surface area contributed by atoms with Crippen molar-refractivity contribution in [3.05, 3.63) is 63.0 Å². The van der Waals surface area contributed by atoms with Crippen molar-refractivity contribution >= 4 is 57.8 Å². The van der Waals surface area contributed by atoms with E-state index in [0.29, 0.717) is 25.9 Å². The SMILES string of the molecule is CC[C@@H](C)Oc1ccc(/C=C2\SC(=Nc3ccc(Cl)cc3)NC2=O)cc1Cl. The van der Waals surface area contributed by atoms with Gasteiger partial charge in [0.2, 0.25) is 0 Å². The zero-order valence-corrected chi connectivity index (χ0v) is 17.2. The molecule has 140 valence electrons. The molecule has 0 bridgehead atoms. The smallest absolute Gasteiger partial charge is 0.264 e. The Morgan fingerprint density at radius 1 is 1.22 bits per heavy atom. The molecule has 1 fully saturated rings. The minimum Gasteiger partial charge on any atom is -0.489 e. The van der Waals surface area contributed by atoms with Gasteiger partial charge < -0.3 is 10.1 Å². The summed E-state index contributed by atoms with van der Waals surface area (Å²) in [5, 5.41) is 4.44. The number of hydrogen-bond donors (Lipinski definition) is 1. The molecule has 2 aromatic carbocycles. The van der Waals surface area contributed by atoms with Crippen molar-refractivity contribution in [2.24, 2.45) is 4.99 Å². The summed E-state index contributed by atoms with van der Waals surface area (Å²) in [7, 11) is 0. The summed E-state index contributed by atoms with van der Waals surface area (Å²) in [5.41, 5.74) is 1.54. The van der Waals surface area contributed by atoms with Crippen LogP contribution in [0.2, 0.25) is 10.0 Å². The maximum Gasteiger partial charge on any atom is 0.264 e. The van der Waals surface area contributed by atoms with Gasteiger partial charge in [-0.2, -0.15) is 0 Å². The summed E-state index contributed by atoms with van der Waals surface area (Å²) >= 11 is 13.5. The lowest BCUT2D eigenvalue weighted by atomic mass is 10.2. The highest BCUT2D eigenvalue weighted by atomic mass is 35.5. The number of hydrogen-bond acceptors (Lipinski definition) is 4. The molecule has 1 aliphatic rings. The number of ether oxygens (including phenoxy) is 1. The lowest BCUT2D eigenvalue weighted by Gasteiger charge is -2.14. The summed E-state index contributed by atoms with van der Waals surface area (Å²) < 4.78 is 5.77. The van der Waals surface area contributed by atoms with E-state index in [1.54, 1.807) is 36.4 Å². The van der Waals surface area contributed by atoms with Crippen molar-refractivity contribution in [2.75, 3.05) is 0 Å². The summed E-state index contributed by atoms with van der Waals surface area (Å²) in [6, 6.07) is 12.6. The van der Waals surface area contributed by atoms with E-state index in [9.17, 15) is 4.79 Å². The molecule has 3 rings (SSSR count). The number of halogens is 2. The lowest BCUT2D eigenvalue weighted by Crippen LogP contribution is -2.19. The molecular formula is C20H18Cl2N2O2S. The van der Waals surface area contributed by atoms with Crippen molar-refractivity contribution in [3.8, 4) is 5.75 Å². The van der Waals surface area contributed by atoms with Crippen LogP contribution in [0.4, 0.5) is 5.69 Å². The third-order valence-corrected chi connectivity index (χ3v) is 5.32. The van der Waals surface area contributed by atoms with Gasteiger partial charge in [0.15, 0.2) is 5.17 Å². The molecule has 0 unspecified atom stereocenters. The molecule has 1 amide bonds. The third-order valence-electron chi connectivity index (χ3n) is 3.86. The van der Waals surface area contributed by atoms with E-state index in [-0.39, 0.29) is 12.0 Å². The number of rotatable bonds is 5. The van der Waals surface area contributed by atoms with Gasteiger partial charge in [-0.3, -0.25) is 4.79 Å². The highest BCUT2D eigenvalue weighted by molar-refractivity contribution is 8.18. The fourth-order valence-corrected chi connectivity index (χ4v) is 3.47. The number of aliphatic imine (C=N–C) groups is 1.